The van der Waals surface area contributed by atoms with Gasteiger partial charge in [-0.05, 0) is 18.8 Å². The summed E-state index contributed by atoms with van der Waals surface area (Å²) in [6, 6.07) is 0. The number of rotatable bonds is 6. The molecule has 20 heavy (non-hydrogen) atoms. The number of anilines is 1. The monoisotopic (exact) mass is 296 g/mol. The van der Waals surface area contributed by atoms with Crippen LogP contribution < -0.4 is 5.32 Å². The van der Waals surface area contributed by atoms with Crippen molar-refractivity contribution in [1.82, 2.24) is 14.3 Å². The second kappa shape index (κ2) is 6.37. The van der Waals surface area contributed by atoms with E-state index in [4.69, 9.17) is 4.74 Å². The molecule has 0 amide bonds. The van der Waals surface area contributed by atoms with Crippen LogP contribution in [0, 0.1) is 5.92 Å². The van der Waals surface area contributed by atoms with Gasteiger partial charge in [0, 0.05) is 43.6 Å². The second-order valence-electron chi connectivity index (χ2n) is 6.26. The summed E-state index contributed by atoms with van der Waals surface area (Å²) in [7, 11) is 0. The maximum Gasteiger partial charge on any atom is 0.202 e. The molecule has 1 saturated carbocycles. The van der Waals surface area contributed by atoms with E-state index in [0.29, 0.717) is 11.8 Å². The third-order valence-electron chi connectivity index (χ3n) is 3.71. The van der Waals surface area contributed by atoms with Gasteiger partial charge >= 0.3 is 0 Å². The maximum atomic E-state index is 5.83. The number of hydrogen-bond acceptors (Lipinski definition) is 6. The normalized spacial score (nSPS) is 24.2. The molecule has 112 valence electrons. The van der Waals surface area contributed by atoms with Crippen molar-refractivity contribution in [2.24, 2.45) is 5.92 Å². The van der Waals surface area contributed by atoms with Gasteiger partial charge in [0.15, 0.2) is 0 Å². The molecule has 1 atom stereocenters. The number of ether oxygens (including phenoxy) is 1. The lowest BCUT2D eigenvalue weighted by Gasteiger charge is -2.33. The van der Waals surface area contributed by atoms with Gasteiger partial charge in [0.25, 0.3) is 0 Å². The lowest BCUT2D eigenvalue weighted by Crippen LogP contribution is -2.46. The SMILES string of the molecule is CC(C)CN1CCOC(CNc2nc(C3CC3)ns2)C1. The zero-order chi connectivity index (χ0) is 13.9. The average Bonchev–Trinajstić information content (AvgIpc) is 3.16. The predicted octanol–water partition coefficient (Wildman–Crippen LogP) is 2.18. The average molecular weight is 296 g/mol. The zero-order valence-corrected chi connectivity index (χ0v) is 13.2. The number of nitrogens with one attached hydrogen (secondary N) is 1. The van der Waals surface area contributed by atoms with Crippen molar-refractivity contribution >= 4 is 16.7 Å². The molecule has 1 aliphatic carbocycles. The van der Waals surface area contributed by atoms with Gasteiger partial charge < -0.3 is 10.1 Å². The van der Waals surface area contributed by atoms with E-state index in [1.54, 1.807) is 0 Å². The van der Waals surface area contributed by atoms with Gasteiger partial charge in [-0.2, -0.15) is 4.37 Å². The van der Waals surface area contributed by atoms with Gasteiger partial charge in [0.1, 0.15) is 5.82 Å². The molecule has 1 N–H and O–H groups in total. The minimum Gasteiger partial charge on any atom is -0.374 e. The summed E-state index contributed by atoms with van der Waals surface area (Å²) in [5.74, 6) is 2.38. The summed E-state index contributed by atoms with van der Waals surface area (Å²) in [5, 5.41) is 4.33. The molecule has 5 nitrogen and oxygen atoms in total. The van der Waals surface area contributed by atoms with Crippen molar-refractivity contribution in [2.75, 3.05) is 38.1 Å². The summed E-state index contributed by atoms with van der Waals surface area (Å²) in [6.45, 7) is 9.42. The van der Waals surface area contributed by atoms with Crippen LogP contribution in [-0.4, -0.2) is 53.1 Å². The first-order chi connectivity index (χ1) is 9.70. The lowest BCUT2D eigenvalue weighted by molar-refractivity contribution is -0.0244. The van der Waals surface area contributed by atoms with Gasteiger partial charge in [-0.3, -0.25) is 4.90 Å². The van der Waals surface area contributed by atoms with E-state index in [-0.39, 0.29) is 6.10 Å². The molecule has 2 fully saturated rings. The van der Waals surface area contributed by atoms with E-state index in [1.165, 1.54) is 24.4 Å². The summed E-state index contributed by atoms with van der Waals surface area (Å²) in [5.41, 5.74) is 0. The molecule has 0 spiro atoms. The van der Waals surface area contributed by atoms with Crippen molar-refractivity contribution in [3.8, 4) is 0 Å². The molecule has 0 aromatic carbocycles. The van der Waals surface area contributed by atoms with Crippen LogP contribution in [-0.2, 0) is 4.74 Å². The fourth-order valence-electron chi connectivity index (χ4n) is 2.60. The number of morpholine rings is 1. The van der Waals surface area contributed by atoms with Gasteiger partial charge in [0.2, 0.25) is 5.13 Å². The first-order valence-electron chi connectivity index (χ1n) is 7.62. The van der Waals surface area contributed by atoms with Crippen molar-refractivity contribution in [3.05, 3.63) is 5.82 Å². The first-order valence-corrected chi connectivity index (χ1v) is 8.39. The Bertz CT molecular complexity index is 433. The predicted molar refractivity (Wildman–Crippen MR) is 81.4 cm³/mol. The van der Waals surface area contributed by atoms with Gasteiger partial charge in [0.05, 0.1) is 12.7 Å². The van der Waals surface area contributed by atoms with Crippen LogP contribution in [0.1, 0.15) is 38.4 Å². The molecular weight excluding hydrogens is 272 g/mol. The number of hydrogen-bond donors (Lipinski definition) is 1. The van der Waals surface area contributed by atoms with Crippen LogP contribution >= 0.6 is 11.5 Å². The minimum atomic E-state index is 0.260. The maximum absolute atomic E-state index is 5.83. The van der Waals surface area contributed by atoms with Crippen molar-refractivity contribution < 1.29 is 4.74 Å². The summed E-state index contributed by atoms with van der Waals surface area (Å²) >= 11 is 1.48. The molecule has 2 aliphatic rings. The highest BCUT2D eigenvalue weighted by molar-refractivity contribution is 7.09. The third-order valence-corrected chi connectivity index (χ3v) is 4.40. The van der Waals surface area contributed by atoms with E-state index >= 15 is 0 Å². The molecule has 2 heterocycles. The Balaban J connectivity index is 1.44. The quantitative estimate of drug-likeness (QED) is 0.872. The Hall–Kier alpha value is -0.720. The van der Waals surface area contributed by atoms with E-state index in [2.05, 4.69) is 33.4 Å². The molecule has 1 saturated heterocycles. The smallest absolute Gasteiger partial charge is 0.202 e. The Kier molecular flexibility index (Phi) is 4.53. The van der Waals surface area contributed by atoms with E-state index in [9.17, 15) is 0 Å². The third kappa shape index (κ3) is 3.90. The van der Waals surface area contributed by atoms with Crippen LogP contribution in [0.4, 0.5) is 5.13 Å². The molecule has 1 aliphatic heterocycles. The molecule has 6 heteroatoms. The molecule has 1 aromatic rings. The van der Waals surface area contributed by atoms with Crippen LogP contribution in [0.5, 0.6) is 0 Å². The fourth-order valence-corrected chi connectivity index (χ4v) is 3.25. The molecule has 1 aromatic heterocycles. The summed E-state index contributed by atoms with van der Waals surface area (Å²) < 4.78 is 10.2. The Morgan fingerprint density at radius 3 is 3.05 bits per heavy atom. The fraction of sp³-hybridized carbons (Fsp3) is 0.857. The van der Waals surface area contributed by atoms with E-state index < -0.39 is 0 Å². The zero-order valence-electron chi connectivity index (χ0n) is 12.3. The highest BCUT2D eigenvalue weighted by Gasteiger charge is 2.28. The van der Waals surface area contributed by atoms with Crippen LogP contribution in [0.2, 0.25) is 0 Å². The summed E-state index contributed by atoms with van der Waals surface area (Å²) in [4.78, 5) is 7.05. The van der Waals surface area contributed by atoms with E-state index in [1.807, 2.05) is 0 Å². The number of nitrogens with zero attached hydrogens (tertiary/aromatic N) is 3. The van der Waals surface area contributed by atoms with Gasteiger partial charge in [-0.15, -0.1) is 0 Å². The molecule has 1 unspecified atom stereocenters. The highest BCUT2D eigenvalue weighted by Crippen LogP contribution is 2.39. The van der Waals surface area contributed by atoms with Crippen molar-refractivity contribution in [2.45, 2.75) is 38.7 Å². The van der Waals surface area contributed by atoms with E-state index in [0.717, 1.165) is 43.7 Å². The topological polar surface area (TPSA) is 50.3 Å². The standard InChI is InChI=1S/C14H24N4OS/c1-10(2)8-18-5-6-19-12(9-18)7-15-14-16-13(17-20-14)11-3-4-11/h10-12H,3-9H2,1-2H3,(H,15,16,17). The van der Waals surface area contributed by atoms with Gasteiger partial charge in [-0.1, -0.05) is 13.8 Å². The van der Waals surface area contributed by atoms with Crippen LogP contribution in [0.25, 0.3) is 0 Å². The highest BCUT2D eigenvalue weighted by atomic mass is 32.1. The number of aromatic nitrogens is 2. The van der Waals surface area contributed by atoms with Crippen molar-refractivity contribution in [1.29, 1.82) is 0 Å². The Morgan fingerprint density at radius 2 is 2.30 bits per heavy atom. The van der Waals surface area contributed by atoms with Crippen LogP contribution in [0.15, 0.2) is 0 Å². The molecular formula is C14H24N4OS. The second-order valence-corrected chi connectivity index (χ2v) is 7.01. The molecule has 0 radical (unpaired) electrons. The minimum absolute atomic E-state index is 0.260. The Labute approximate surface area is 124 Å². The largest absolute Gasteiger partial charge is 0.374 e. The van der Waals surface area contributed by atoms with Crippen LogP contribution in [0.3, 0.4) is 0 Å². The Morgan fingerprint density at radius 1 is 1.45 bits per heavy atom. The first kappa shape index (κ1) is 14.2. The van der Waals surface area contributed by atoms with Gasteiger partial charge in [-0.25, -0.2) is 4.98 Å². The molecule has 3 rings (SSSR count). The molecule has 0 bridgehead atoms. The van der Waals surface area contributed by atoms with Crippen molar-refractivity contribution in [3.63, 3.8) is 0 Å². The lowest BCUT2D eigenvalue weighted by atomic mass is 10.2. The summed E-state index contributed by atoms with van der Waals surface area (Å²) in [6.07, 6.45) is 2.77.